The lowest BCUT2D eigenvalue weighted by Crippen LogP contribution is -2.45. The molecule has 6 nitrogen and oxygen atoms in total. The van der Waals surface area contributed by atoms with Crippen LogP contribution in [-0.4, -0.2) is 66.2 Å². The summed E-state index contributed by atoms with van der Waals surface area (Å²) >= 11 is 0. The number of hydrogen-bond acceptors (Lipinski definition) is 3. The van der Waals surface area contributed by atoms with Crippen LogP contribution in [-0.2, 0) is 4.79 Å². The number of aliphatic carboxylic acids is 1. The van der Waals surface area contributed by atoms with Crippen LogP contribution in [0, 0.1) is 0 Å². The smallest absolute Gasteiger partial charge is 0.323 e. The van der Waals surface area contributed by atoms with Crippen LogP contribution in [0.15, 0.2) is 0 Å². The fraction of sp³-hybridized carbons (Fsp3) is 0.833. The molecule has 0 aromatic rings. The molecular weight excluding hydrogens is 234 g/mol. The number of rotatable bonds is 6. The van der Waals surface area contributed by atoms with Crippen molar-refractivity contribution in [2.24, 2.45) is 0 Å². The van der Waals surface area contributed by atoms with Crippen LogP contribution in [0.5, 0.6) is 0 Å². The number of carboxylic acid groups (broad SMARTS) is 1. The molecule has 0 unspecified atom stereocenters. The monoisotopic (exact) mass is 257 g/mol. The molecule has 0 spiro atoms. The SMILES string of the molecule is CCN(CC(=O)O)C(=O)NCCN1CCCCC1. The summed E-state index contributed by atoms with van der Waals surface area (Å²) in [4.78, 5) is 25.9. The second-order valence-electron chi connectivity index (χ2n) is 4.54. The Labute approximate surface area is 108 Å². The number of likely N-dealkylation sites (N-methyl/N-ethyl adjacent to an activating group) is 1. The average Bonchev–Trinajstić information content (AvgIpc) is 2.36. The molecule has 0 saturated carbocycles. The van der Waals surface area contributed by atoms with E-state index in [0.29, 0.717) is 13.1 Å². The normalized spacial score (nSPS) is 16.3. The van der Waals surface area contributed by atoms with Gasteiger partial charge in [0, 0.05) is 19.6 Å². The van der Waals surface area contributed by atoms with Crippen LogP contribution in [0.1, 0.15) is 26.2 Å². The highest BCUT2D eigenvalue weighted by molar-refractivity contribution is 5.79. The van der Waals surface area contributed by atoms with Crippen molar-refractivity contribution in [3.8, 4) is 0 Å². The zero-order valence-electron chi connectivity index (χ0n) is 11.0. The zero-order chi connectivity index (χ0) is 13.4. The highest BCUT2D eigenvalue weighted by atomic mass is 16.4. The van der Waals surface area contributed by atoms with E-state index in [0.717, 1.165) is 19.6 Å². The molecule has 0 aromatic carbocycles. The van der Waals surface area contributed by atoms with Gasteiger partial charge in [-0.1, -0.05) is 6.42 Å². The van der Waals surface area contributed by atoms with Crippen molar-refractivity contribution in [1.82, 2.24) is 15.1 Å². The number of amides is 2. The van der Waals surface area contributed by atoms with Gasteiger partial charge in [-0.25, -0.2) is 4.79 Å². The Morgan fingerprint density at radius 3 is 2.50 bits per heavy atom. The third-order valence-corrected chi connectivity index (χ3v) is 3.15. The summed E-state index contributed by atoms with van der Waals surface area (Å²) in [6.45, 7) is 5.55. The van der Waals surface area contributed by atoms with Gasteiger partial charge in [-0.15, -0.1) is 0 Å². The molecule has 0 aromatic heterocycles. The highest BCUT2D eigenvalue weighted by Gasteiger charge is 2.15. The average molecular weight is 257 g/mol. The van der Waals surface area contributed by atoms with Crippen LogP contribution in [0.25, 0.3) is 0 Å². The summed E-state index contributed by atoms with van der Waals surface area (Å²) in [5, 5.41) is 11.4. The number of carbonyl (C=O) groups is 2. The van der Waals surface area contributed by atoms with Gasteiger partial charge in [0.05, 0.1) is 0 Å². The zero-order valence-corrected chi connectivity index (χ0v) is 11.0. The standard InChI is InChI=1S/C12H23N3O3/c1-2-15(10-11(16)17)12(18)13-6-9-14-7-4-3-5-8-14/h2-10H2,1H3,(H,13,18)(H,16,17). The Balaban J connectivity index is 2.20. The van der Waals surface area contributed by atoms with Crippen LogP contribution in [0.4, 0.5) is 4.79 Å². The predicted molar refractivity (Wildman–Crippen MR) is 68.6 cm³/mol. The van der Waals surface area contributed by atoms with Crippen LogP contribution < -0.4 is 5.32 Å². The first kappa shape index (κ1) is 14.8. The summed E-state index contributed by atoms with van der Waals surface area (Å²) in [5.41, 5.74) is 0. The number of likely N-dealkylation sites (tertiary alicyclic amines) is 1. The van der Waals surface area contributed by atoms with E-state index in [1.807, 2.05) is 0 Å². The van der Waals surface area contributed by atoms with Crippen molar-refractivity contribution in [3.05, 3.63) is 0 Å². The fourth-order valence-corrected chi connectivity index (χ4v) is 2.11. The molecule has 104 valence electrons. The quantitative estimate of drug-likeness (QED) is 0.730. The Bertz CT molecular complexity index is 278. The lowest BCUT2D eigenvalue weighted by atomic mass is 10.1. The molecule has 1 saturated heterocycles. The second kappa shape index (κ2) is 7.92. The maximum absolute atomic E-state index is 11.7. The van der Waals surface area contributed by atoms with E-state index in [9.17, 15) is 9.59 Å². The van der Waals surface area contributed by atoms with Gasteiger partial charge in [0.15, 0.2) is 0 Å². The van der Waals surface area contributed by atoms with Crippen molar-refractivity contribution in [1.29, 1.82) is 0 Å². The summed E-state index contributed by atoms with van der Waals surface area (Å²) in [7, 11) is 0. The van der Waals surface area contributed by atoms with Crippen molar-refractivity contribution in [3.63, 3.8) is 0 Å². The van der Waals surface area contributed by atoms with Gasteiger partial charge in [-0.2, -0.15) is 0 Å². The summed E-state index contributed by atoms with van der Waals surface area (Å²) in [6.07, 6.45) is 3.76. The Hall–Kier alpha value is -1.30. The van der Waals surface area contributed by atoms with Crippen molar-refractivity contribution in [2.45, 2.75) is 26.2 Å². The molecule has 1 heterocycles. The predicted octanol–water partition coefficient (Wildman–Crippen LogP) is 0.588. The van der Waals surface area contributed by atoms with Gasteiger partial charge < -0.3 is 20.2 Å². The molecule has 1 rings (SSSR count). The molecular formula is C12H23N3O3. The Kier molecular flexibility index (Phi) is 6.49. The molecule has 18 heavy (non-hydrogen) atoms. The molecule has 2 amide bonds. The van der Waals surface area contributed by atoms with Gasteiger partial charge in [0.25, 0.3) is 0 Å². The molecule has 1 aliphatic rings. The number of piperidine rings is 1. The van der Waals surface area contributed by atoms with E-state index < -0.39 is 5.97 Å². The molecule has 1 fully saturated rings. The third kappa shape index (κ3) is 5.35. The maximum atomic E-state index is 11.7. The largest absolute Gasteiger partial charge is 0.480 e. The Morgan fingerprint density at radius 2 is 1.94 bits per heavy atom. The van der Waals surface area contributed by atoms with Gasteiger partial charge in [-0.05, 0) is 32.9 Å². The minimum absolute atomic E-state index is 0.244. The van der Waals surface area contributed by atoms with E-state index in [1.54, 1.807) is 6.92 Å². The number of hydrogen-bond donors (Lipinski definition) is 2. The molecule has 0 radical (unpaired) electrons. The van der Waals surface area contributed by atoms with Gasteiger partial charge >= 0.3 is 12.0 Å². The van der Waals surface area contributed by atoms with Crippen LogP contribution in [0.2, 0.25) is 0 Å². The van der Waals surface area contributed by atoms with E-state index in [-0.39, 0.29) is 12.6 Å². The molecule has 1 aliphatic heterocycles. The summed E-state index contributed by atoms with van der Waals surface area (Å²) < 4.78 is 0. The first-order chi connectivity index (χ1) is 8.63. The van der Waals surface area contributed by atoms with Crippen LogP contribution >= 0.6 is 0 Å². The molecule has 0 bridgehead atoms. The lowest BCUT2D eigenvalue weighted by molar-refractivity contribution is -0.137. The van der Waals surface area contributed by atoms with Gasteiger partial charge in [-0.3, -0.25) is 4.79 Å². The number of nitrogens with zero attached hydrogens (tertiary/aromatic N) is 2. The lowest BCUT2D eigenvalue weighted by Gasteiger charge is -2.27. The van der Waals surface area contributed by atoms with E-state index in [4.69, 9.17) is 5.11 Å². The Morgan fingerprint density at radius 1 is 1.28 bits per heavy atom. The molecule has 0 aliphatic carbocycles. The summed E-state index contributed by atoms with van der Waals surface area (Å²) in [5.74, 6) is -0.983. The van der Waals surface area contributed by atoms with Gasteiger partial charge in [0.1, 0.15) is 6.54 Å². The number of nitrogens with one attached hydrogen (secondary N) is 1. The highest BCUT2D eigenvalue weighted by Crippen LogP contribution is 2.07. The first-order valence-corrected chi connectivity index (χ1v) is 6.60. The summed E-state index contributed by atoms with van der Waals surface area (Å²) in [6, 6.07) is -0.295. The van der Waals surface area contributed by atoms with E-state index in [1.165, 1.54) is 24.2 Å². The molecule has 2 N–H and O–H groups in total. The van der Waals surface area contributed by atoms with Crippen molar-refractivity contribution >= 4 is 12.0 Å². The first-order valence-electron chi connectivity index (χ1n) is 6.60. The topological polar surface area (TPSA) is 72.9 Å². The fourth-order valence-electron chi connectivity index (χ4n) is 2.11. The maximum Gasteiger partial charge on any atom is 0.323 e. The number of carbonyl (C=O) groups excluding carboxylic acids is 1. The molecule has 0 atom stereocenters. The third-order valence-electron chi connectivity index (χ3n) is 3.15. The minimum Gasteiger partial charge on any atom is -0.480 e. The number of carboxylic acids is 1. The van der Waals surface area contributed by atoms with Crippen molar-refractivity contribution < 1.29 is 14.7 Å². The number of urea groups is 1. The van der Waals surface area contributed by atoms with Crippen molar-refractivity contribution in [2.75, 3.05) is 39.3 Å². The second-order valence-corrected chi connectivity index (χ2v) is 4.54. The molecule has 6 heteroatoms. The van der Waals surface area contributed by atoms with E-state index in [2.05, 4.69) is 10.2 Å². The van der Waals surface area contributed by atoms with Gasteiger partial charge in [0.2, 0.25) is 0 Å². The minimum atomic E-state index is -0.983. The van der Waals surface area contributed by atoms with E-state index >= 15 is 0 Å². The van der Waals surface area contributed by atoms with Crippen LogP contribution in [0.3, 0.4) is 0 Å².